The number of benzene rings is 1. The van der Waals surface area contributed by atoms with E-state index in [0.29, 0.717) is 13.1 Å². The number of nitrogens with one attached hydrogen (secondary N) is 1. The first-order valence-corrected chi connectivity index (χ1v) is 9.80. The van der Waals surface area contributed by atoms with Crippen LogP contribution >= 0.6 is 24.0 Å². The molecule has 0 saturated carbocycles. The summed E-state index contributed by atoms with van der Waals surface area (Å²) in [6.45, 7) is 6.98. The van der Waals surface area contributed by atoms with Crippen LogP contribution < -0.4 is 5.32 Å². The third kappa shape index (κ3) is 7.45. The summed E-state index contributed by atoms with van der Waals surface area (Å²) in [4.78, 5) is 29.0. The van der Waals surface area contributed by atoms with E-state index in [0.717, 1.165) is 43.9 Å². The van der Waals surface area contributed by atoms with Gasteiger partial charge in [-0.1, -0.05) is 19.1 Å². The van der Waals surface area contributed by atoms with Crippen molar-refractivity contribution in [2.75, 3.05) is 33.3 Å². The Morgan fingerprint density at radius 3 is 2.59 bits per heavy atom. The lowest BCUT2D eigenvalue weighted by Crippen LogP contribution is -2.40. The Morgan fingerprint density at radius 2 is 2.00 bits per heavy atom. The third-order valence-corrected chi connectivity index (χ3v) is 5.03. The maximum atomic E-state index is 11.9. The second-order valence-corrected chi connectivity index (χ2v) is 7.13. The van der Waals surface area contributed by atoms with Crippen LogP contribution in [0.3, 0.4) is 0 Å². The number of nitro benzene ring substituents is 1. The van der Waals surface area contributed by atoms with Crippen molar-refractivity contribution >= 4 is 41.6 Å². The van der Waals surface area contributed by atoms with E-state index in [2.05, 4.69) is 17.1 Å². The molecule has 162 valence electrons. The number of methoxy groups -OCH3 is 1. The van der Waals surface area contributed by atoms with Crippen molar-refractivity contribution in [1.29, 1.82) is 0 Å². The highest BCUT2D eigenvalue weighted by atomic mass is 127. The first-order valence-electron chi connectivity index (χ1n) is 9.80. The average Bonchev–Trinajstić information content (AvgIpc) is 3.08. The summed E-state index contributed by atoms with van der Waals surface area (Å²) in [6, 6.07) is 6.71. The second kappa shape index (κ2) is 12.6. The molecule has 29 heavy (non-hydrogen) atoms. The molecule has 1 fully saturated rings. The molecule has 8 nitrogen and oxygen atoms in total. The highest BCUT2D eigenvalue weighted by molar-refractivity contribution is 14.0. The van der Waals surface area contributed by atoms with Gasteiger partial charge in [-0.25, -0.2) is 0 Å². The zero-order valence-electron chi connectivity index (χ0n) is 17.3. The summed E-state index contributed by atoms with van der Waals surface area (Å²) in [5.74, 6) is 0.805. The molecule has 0 aliphatic carbocycles. The predicted octanol–water partition coefficient (Wildman–Crippen LogP) is 3.24. The predicted molar refractivity (Wildman–Crippen MR) is 124 cm³/mol. The summed E-state index contributed by atoms with van der Waals surface area (Å²) in [5, 5.41) is 14.0. The molecular weight excluding hydrogens is 487 g/mol. The normalized spacial score (nSPS) is 18.9. The number of non-ortho nitro benzene ring substituents is 1. The number of likely N-dealkylation sites (tertiary alicyclic amines) is 1. The van der Waals surface area contributed by atoms with Gasteiger partial charge in [0, 0.05) is 38.3 Å². The SMILES string of the molecule is CCNC(=NCCCCc1ccc([N+](=O)[O-])cc1)N1CC(C)C(C(=O)OC)C1.I. The van der Waals surface area contributed by atoms with Gasteiger partial charge in [0.1, 0.15) is 0 Å². The van der Waals surface area contributed by atoms with Crippen LogP contribution in [0.4, 0.5) is 5.69 Å². The van der Waals surface area contributed by atoms with Gasteiger partial charge in [0.05, 0.1) is 18.0 Å². The number of nitrogens with zero attached hydrogens (tertiary/aromatic N) is 3. The lowest BCUT2D eigenvalue weighted by Gasteiger charge is -2.21. The number of carbonyl (C=O) groups is 1. The molecule has 1 N–H and O–H groups in total. The molecular formula is C20H31IN4O4. The second-order valence-electron chi connectivity index (χ2n) is 7.13. The van der Waals surface area contributed by atoms with Gasteiger partial charge in [-0.05, 0) is 37.7 Å². The van der Waals surface area contributed by atoms with E-state index in [9.17, 15) is 14.9 Å². The molecule has 1 aromatic rings. The summed E-state index contributed by atoms with van der Waals surface area (Å²) >= 11 is 0. The van der Waals surface area contributed by atoms with Crippen molar-refractivity contribution in [3.63, 3.8) is 0 Å². The van der Waals surface area contributed by atoms with Crippen LogP contribution in [0.15, 0.2) is 29.3 Å². The van der Waals surface area contributed by atoms with Crippen molar-refractivity contribution < 1.29 is 14.5 Å². The largest absolute Gasteiger partial charge is 0.469 e. The molecule has 0 aromatic heterocycles. The van der Waals surface area contributed by atoms with E-state index in [1.807, 2.05) is 19.1 Å². The zero-order chi connectivity index (χ0) is 20.5. The minimum atomic E-state index is -0.384. The van der Waals surface area contributed by atoms with Crippen molar-refractivity contribution in [2.45, 2.75) is 33.1 Å². The summed E-state index contributed by atoms with van der Waals surface area (Å²) in [5.41, 5.74) is 1.21. The van der Waals surface area contributed by atoms with Gasteiger partial charge >= 0.3 is 5.97 Å². The van der Waals surface area contributed by atoms with Crippen LogP contribution in [-0.2, 0) is 16.0 Å². The number of aryl methyl sites for hydroxylation is 1. The van der Waals surface area contributed by atoms with Gasteiger partial charge in [-0.3, -0.25) is 19.9 Å². The number of ether oxygens (including phenoxy) is 1. The Morgan fingerprint density at radius 1 is 1.31 bits per heavy atom. The number of guanidine groups is 1. The summed E-state index contributed by atoms with van der Waals surface area (Å²) in [7, 11) is 1.43. The Kier molecular flexibility index (Phi) is 10.9. The van der Waals surface area contributed by atoms with Gasteiger partial charge in [0.15, 0.2) is 5.96 Å². The van der Waals surface area contributed by atoms with Crippen LogP contribution in [0.25, 0.3) is 0 Å². The van der Waals surface area contributed by atoms with Crippen LogP contribution in [0, 0.1) is 22.0 Å². The monoisotopic (exact) mass is 518 g/mol. The van der Waals surface area contributed by atoms with Crippen molar-refractivity contribution in [2.24, 2.45) is 16.8 Å². The maximum absolute atomic E-state index is 11.9. The molecule has 2 atom stereocenters. The van der Waals surface area contributed by atoms with Crippen molar-refractivity contribution in [3.05, 3.63) is 39.9 Å². The van der Waals surface area contributed by atoms with Crippen molar-refractivity contribution in [3.8, 4) is 0 Å². The number of nitro groups is 1. The molecule has 1 aliphatic rings. The Balaban J connectivity index is 0.00000420. The fourth-order valence-corrected chi connectivity index (χ4v) is 3.43. The molecule has 0 bridgehead atoms. The highest BCUT2D eigenvalue weighted by Gasteiger charge is 2.36. The minimum absolute atomic E-state index is 0. The van der Waals surface area contributed by atoms with Gasteiger partial charge in [-0.15, -0.1) is 24.0 Å². The maximum Gasteiger partial charge on any atom is 0.310 e. The quantitative estimate of drug-likeness (QED) is 0.108. The molecule has 9 heteroatoms. The number of rotatable bonds is 8. The molecule has 0 spiro atoms. The van der Waals surface area contributed by atoms with Crippen LogP contribution in [0.1, 0.15) is 32.3 Å². The van der Waals surface area contributed by atoms with Crippen LogP contribution in [-0.4, -0.2) is 55.0 Å². The molecule has 2 unspecified atom stereocenters. The Labute approximate surface area is 189 Å². The van der Waals surface area contributed by atoms with Gasteiger partial charge in [-0.2, -0.15) is 0 Å². The molecule has 0 amide bonds. The smallest absolute Gasteiger partial charge is 0.310 e. The highest BCUT2D eigenvalue weighted by Crippen LogP contribution is 2.24. The fourth-order valence-electron chi connectivity index (χ4n) is 3.43. The standard InChI is InChI=1S/C20H30N4O4.HI/c1-4-21-20(23-13-15(2)18(14-23)19(25)28-3)22-12-6-5-7-16-8-10-17(11-9-16)24(26)27;/h8-11,15,18H,4-7,12-14H2,1-3H3,(H,21,22);1H. The molecule has 1 aliphatic heterocycles. The van der Waals surface area contributed by atoms with E-state index in [4.69, 9.17) is 9.73 Å². The summed E-state index contributed by atoms with van der Waals surface area (Å²) < 4.78 is 4.90. The topological polar surface area (TPSA) is 97.1 Å². The lowest BCUT2D eigenvalue weighted by molar-refractivity contribution is -0.384. The first kappa shape index (κ1) is 25.1. The fraction of sp³-hybridized carbons (Fsp3) is 0.600. The Bertz CT molecular complexity index is 696. The lowest BCUT2D eigenvalue weighted by atomic mass is 9.99. The van der Waals surface area contributed by atoms with Crippen molar-refractivity contribution in [1.82, 2.24) is 10.2 Å². The van der Waals surface area contributed by atoms with Gasteiger partial charge in [0.2, 0.25) is 0 Å². The average molecular weight is 518 g/mol. The number of halogens is 1. The zero-order valence-corrected chi connectivity index (χ0v) is 19.6. The number of hydrogen-bond donors (Lipinski definition) is 1. The van der Waals surface area contributed by atoms with E-state index in [-0.39, 0.29) is 52.4 Å². The molecule has 0 radical (unpaired) electrons. The van der Waals surface area contributed by atoms with Gasteiger partial charge in [0.25, 0.3) is 5.69 Å². The minimum Gasteiger partial charge on any atom is -0.469 e. The van der Waals surface area contributed by atoms with E-state index in [1.54, 1.807) is 12.1 Å². The van der Waals surface area contributed by atoms with E-state index in [1.165, 1.54) is 7.11 Å². The summed E-state index contributed by atoms with van der Waals surface area (Å²) in [6.07, 6.45) is 2.76. The number of carbonyl (C=O) groups excluding carboxylic acids is 1. The Hall–Kier alpha value is -1.91. The van der Waals surface area contributed by atoms with E-state index >= 15 is 0 Å². The third-order valence-electron chi connectivity index (χ3n) is 5.03. The number of aliphatic imine (C=N–C) groups is 1. The van der Waals surface area contributed by atoms with Crippen LogP contribution in [0.5, 0.6) is 0 Å². The molecule has 1 heterocycles. The molecule has 1 saturated heterocycles. The number of hydrogen-bond acceptors (Lipinski definition) is 5. The van der Waals surface area contributed by atoms with Crippen LogP contribution in [0.2, 0.25) is 0 Å². The number of esters is 1. The molecule has 1 aromatic carbocycles. The first-order chi connectivity index (χ1) is 13.5. The number of unbranched alkanes of at least 4 members (excludes halogenated alkanes) is 1. The van der Waals surface area contributed by atoms with E-state index < -0.39 is 0 Å². The molecule has 2 rings (SSSR count). The van der Waals surface area contributed by atoms with Gasteiger partial charge < -0.3 is 15.0 Å².